The zero-order valence-corrected chi connectivity index (χ0v) is 22.2. The van der Waals surface area contributed by atoms with Crippen molar-refractivity contribution in [1.29, 1.82) is 0 Å². The van der Waals surface area contributed by atoms with Gasteiger partial charge in [0.1, 0.15) is 11.9 Å². The Morgan fingerprint density at radius 3 is 2.66 bits per heavy atom. The van der Waals surface area contributed by atoms with Crippen LogP contribution in [0.5, 0.6) is 0 Å². The molecule has 1 saturated carbocycles. The Labute approximate surface area is 225 Å². The monoisotopic (exact) mass is 556 g/mol. The minimum absolute atomic E-state index is 0.0357. The first-order valence-corrected chi connectivity index (χ1v) is 14.6. The lowest BCUT2D eigenvalue weighted by Gasteiger charge is -2.22. The molecule has 1 aliphatic carbocycles. The largest absolute Gasteiger partial charge is 0.326 e. The molecule has 1 aromatic heterocycles. The van der Waals surface area contributed by atoms with Crippen LogP contribution in [0.2, 0.25) is 5.02 Å². The molecule has 38 heavy (non-hydrogen) atoms. The summed E-state index contributed by atoms with van der Waals surface area (Å²) in [5.74, 6) is -0.778. The SMILES string of the molecule is CS(=O)(=O)Cc1ncccc1-c1ccc(N2CC[C@@H](NC(=O)Nc3ccc(Cl)cc3F)C2=O)c(C2CC2)c1. The quantitative estimate of drug-likeness (QED) is 0.431. The Morgan fingerprint density at radius 2 is 1.95 bits per heavy atom. The maximum Gasteiger partial charge on any atom is 0.319 e. The van der Waals surface area contributed by atoms with E-state index in [2.05, 4.69) is 15.6 Å². The third-order valence-electron chi connectivity index (χ3n) is 6.63. The summed E-state index contributed by atoms with van der Waals surface area (Å²) in [6, 6.07) is 11.9. The number of amides is 3. The predicted molar refractivity (Wildman–Crippen MR) is 145 cm³/mol. The van der Waals surface area contributed by atoms with E-state index in [1.807, 2.05) is 24.3 Å². The number of hydrogen-bond acceptors (Lipinski definition) is 5. The van der Waals surface area contributed by atoms with E-state index in [0.717, 1.165) is 41.3 Å². The number of nitrogens with one attached hydrogen (secondary N) is 2. The summed E-state index contributed by atoms with van der Waals surface area (Å²) in [6.45, 7) is 0.421. The third kappa shape index (κ3) is 5.81. The molecule has 11 heteroatoms. The zero-order chi connectivity index (χ0) is 27.0. The number of benzene rings is 2. The minimum atomic E-state index is -3.27. The number of carbonyl (C=O) groups is 2. The van der Waals surface area contributed by atoms with Gasteiger partial charge in [0.05, 0.1) is 17.1 Å². The first-order chi connectivity index (χ1) is 18.1. The fourth-order valence-electron chi connectivity index (χ4n) is 4.71. The summed E-state index contributed by atoms with van der Waals surface area (Å²) in [6.07, 6.45) is 5.16. The molecule has 1 aliphatic heterocycles. The lowest BCUT2D eigenvalue weighted by atomic mass is 9.98. The van der Waals surface area contributed by atoms with E-state index in [9.17, 15) is 22.4 Å². The van der Waals surface area contributed by atoms with E-state index in [0.29, 0.717) is 24.6 Å². The van der Waals surface area contributed by atoms with Gasteiger partial charge in [-0.2, -0.15) is 0 Å². The van der Waals surface area contributed by atoms with Crippen molar-refractivity contribution < 1.29 is 22.4 Å². The van der Waals surface area contributed by atoms with Crippen molar-refractivity contribution in [3.63, 3.8) is 0 Å². The Bertz CT molecular complexity index is 1530. The lowest BCUT2D eigenvalue weighted by Crippen LogP contribution is -2.43. The van der Waals surface area contributed by atoms with Crippen LogP contribution in [0.15, 0.2) is 54.7 Å². The summed E-state index contributed by atoms with van der Waals surface area (Å²) < 4.78 is 37.9. The van der Waals surface area contributed by atoms with Crippen LogP contribution in [0.3, 0.4) is 0 Å². The van der Waals surface area contributed by atoms with Gasteiger partial charge in [0, 0.05) is 35.3 Å². The zero-order valence-electron chi connectivity index (χ0n) is 20.6. The fourth-order valence-corrected chi connectivity index (χ4v) is 5.60. The van der Waals surface area contributed by atoms with Crippen molar-refractivity contribution in [2.24, 2.45) is 0 Å². The van der Waals surface area contributed by atoms with Crippen LogP contribution in [0, 0.1) is 5.82 Å². The second-order valence-electron chi connectivity index (χ2n) is 9.67. The van der Waals surface area contributed by atoms with E-state index in [1.54, 1.807) is 17.2 Å². The van der Waals surface area contributed by atoms with Crippen LogP contribution in [-0.2, 0) is 20.4 Å². The number of nitrogens with zero attached hydrogens (tertiary/aromatic N) is 2. The number of carbonyl (C=O) groups excluding carboxylic acids is 2. The second-order valence-corrected chi connectivity index (χ2v) is 12.2. The van der Waals surface area contributed by atoms with E-state index >= 15 is 0 Å². The second kappa shape index (κ2) is 10.3. The molecule has 5 rings (SSSR count). The van der Waals surface area contributed by atoms with E-state index in [-0.39, 0.29) is 22.4 Å². The Hall–Kier alpha value is -3.50. The molecule has 2 fully saturated rings. The van der Waals surface area contributed by atoms with Crippen LogP contribution in [0.1, 0.15) is 36.4 Å². The van der Waals surface area contributed by atoms with Crippen molar-refractivity contribution in [2.75, 3.05) is 23.0 Å². The van der Waals surface area contributed by atoms with Crippen LogP contribution in [0.4, 0.5) is 20.6 Å². The standard InChI is InChI=1S/C27H26ClFN4O4S/c1-38(36,37)15-24-19(3-2-11-30-24)17-6-9-25(20(13-17)16-4-5-16)33-12-10-23(26(33)34)32-27(35)31-22-8-7-18(28)14-21(22)29/h2-3,6-9,11,13-14,16,23H,4-5,10,12,15H2,1H3,(H2,31,32,35)/t23-/m1/s1. The smallest absolute Gasteiger partial charge is 0.319 e. The molecule has 0 bridgehead atoms. The Morgan fingerprint density at radius 1 is 1.16 bits per heavy atom. The number of anilines is 2. The van der Waals surface area contributed by atoms with E-state index < -0.39 is 27.7 Å². The fraction of sp³-hybridized carbons (Fsp3) is 0.296. The van der Waals surface area contributed by atoms with Gasteiger partial charge >= 0.3 is 6.03 Å². The molecule has 0 spiro atoms. The maximum atomic E-state index is 14.0. The summed E-state index contributed by atoms with van der Waals surface area (Å²) in [4.78, 5) is 31.7. The highest BCUT2D eigenvalue weighted by Gasteiger charge is 2.37. The highest BCUT2D eigenvalue weighted by Crippen LogP contribution is 2.46. The molecule has 8 nitrogen and oxygen atoms in total. The van der Waals surface area contributed by atoms with Crippen molar-refractivity contribution in [3.05, 3.63) is 76.8 Å². The molecule has 0 unspecified atom stereocenters. The average Bonchev–Trinajstić information content (AvgIpc) is 3.64. The first kappa shape index (κ1) is 26.1. The molecular weight excluding hydrogens is 531 g/mol. The number of urea groups is 1. The summed E-state index contributed by atoms with van der Waals surface area (Å²) >= 11 is 5.76. The molecule has 2 aromatic carbocycles. The first-order valence-electron chi connectivity index (χ1n) is 12.2. The van der Waals surface area contributed by atoms with Gasteiger partial charge < -0.3 is 15.5 Å². The number of sulfone groups is 1. The molecule has 0 radical (unpaired) electrons. The molecule has 2 aliphatic rings. The normalized spacial score (nSPS) is 17.5. The lowest BCUT2D eigenvalue weighted by molar-refractivity contribution is -0.118. The highest BCUT2D eigenvalue weighted by molar-refractivity contribution is 7.89. The molecule has 3 amide bonds. The van der Waals surface area contributed by atoms with Gasteiger partial charge in [-0.1, -0.05) is 23.7 Å². The molecular formula is C27H26ClFN4O4S. The van der Waals surface area contributed by atoms with Gasteiger partial charge in [0.25, 0.3) is 0 Å². The van der Waals surface area contributed by atoms with E-state index in [4.69, 9.17) is 11.6 Å². The predicted octanol–water partition coefficient (Wildman–Crippen LogP) is 4.89. The van der Waals surface area contributed by atoms with Gasteiger partial charge in [0.15, 0.2) is 9.84 Å². The number of hydrogen-bond donors (Lipinski definition) is 2. The molecule has 2 heterocycles. The van der Waals surface area contributed by atoms with Crippen LogP contribution in [0.25, 0.3) is 11.1 Å². The number of pyridine rings is 1. The summed E-state index contributed by atoms with van der Waals surface area (Å²) in [5, 5.41) is 5.28. The van der Waals surface area contributed by atoms with Crippen molar-refractivity contribution in [2.45, 2.75) is 37.0 Å². The summed E-state index contributed by atoms with van der Waals surface area (Å²) in [5.41, 5.74) is 3.82. The maximum absolute atomic E-state index is 14.0. The highest BCUT2D eigenvalue weighted by atomic mass is 35.5. The van der Waals surface area contributed by atoms with Gasteiger partial charge in [-0.3, -0.25) is 9.78 Å². The Kier molecular flexibility index (Phi) is 7.11. The van der Waals surface area contributed by atoms with Crippen molar-refractivity contribution >= 4 is 44.8 Å². The van der Waals surface area contributed by atoms with E-state index in [1.165, 1.54) is 18.4 Å². The molecule has 1 saturated heterocycles. The average molecular weight is 557 g/mol. The van der Waals surface area contributed by atoms with Crippen LogP contribution >= 0.6 is 11.6 Å². The van der Waals surface area contributed by atoms with Gasteiger partial charge in [-0.05, 0) is 72.7 Å². The van der Waals surface area contributed by atoms with Gasteiger partial charge in [-0.25, -0.2) is 17.6 Å². The molecule has 198 valence electrons. The number of rotatable bonds is 7. The van der Waals surface area contributed by atoms with Gasteiger partial charge in [0.2, 0.25) is 5.91 Å². The molecule has 1 atom stereocenters. The summed E-state index contributed by atoms with van der Waals surface area (Å²) in [7, 11) is -3.27. The number of aromatic nitrogens is 1. The van der Waals surface area contributed by atoms with Crippen LogP contribution in [-0.4, -0.2) is 44.2 Å². The third-order valence-corrected chi connectivity index (χ3v) is 7.66. The topological polar surface area (TPSA) is 108 Å². The van der Waals surface area contributed by atoms with Crippen molar-refractivity contribution in [3.8, 4) is 11.1 Å². The van der Waals surface area contributed by atoms with Gasteiger partial charge in [-0.15, -0.1) is 0 Å². The molecule has 3 aromatic rings. The Balaban J connectivity index is 1.35. The van der Waals surface area contributed by atoms with Crippen molar-refractivity contribution in [1.82, 2.24) is 10.3 Å². The van der Waals surface area contributed by atoms with Crippen LogP contribution < -0.4 is 15.5 Å². The number of halogens is 2. The minimum Gasteiger partial charge on any atom is -0.326 e. The molecule has 2 N–H and O–H groups in total.